The van der Waals surface area contributed by atoms with Crippen LogP contribution >= 0.6 is 12.4 Å². The zero-order valence-corrected chi connectivity index (χ0v) is 13.1. The van der Waals surface area contributed by atoms with Gasteiger partial charge >= 0.3 is 0 Å². The molecular formula is C13H28ClN3O2. The molecule has 0 aromatic rings. The van der Waals surface area contributed by atoms with Crippen LogP contribution in [0.5, 0.6) is 0 Å². The van der Waals surface area contributed by atoms with Crippen molar-refractivity contribution < 1.29 is 9.53 Å². The van der Waals surface area contributed by atoms with E-state index in [0.717, 1.165) is 45.6 Å². The molecule has 0 aromatic heterocycles. The number of ether oxygens (including phenoxy) is 1. The van der Waals surface area contributed by atoms with Crippen LogP contribution in [0.15, 0.2) is 0 Å². The van der Waals surface area contributed by atoms with Crippen molar-refractivity contribution in [1.82, 2.24) is 9.80 Å². The smallest absolute Gasteiger partial charge is 0.239 e. The molecule has 1 rings (SSSR count). The molecule has 2 N–H and O–H groups in total. The molecule has 2 atom stereocenters. The van der Waals surface area contributed by atoms with Gasteiger partial charge in [0, 0.05) is 39.3 Å². The number of halogens is 1. The lowest BCUT2D eigenvalue weighted by Gasteiger charge is -2.40. The van der Waals surface area contributed by atoms with E-state index in [-0.39, 0.29) is 24.4 Å². The lowest BCUT2D eigenvalue weighted by Crippen LogP contribution is -2.57. The summed E-state index contributed by atoms with van der Waals surface area (Å²) in [6.45, 7) is 8.35. The molecule has 0 radical (unpaired) electrons. The average molecular weight is 294 g/mol. The topological polar surface area (TPSA) is 58.8 Å². The van der Waals surface area contributed by atoms with E-state index in [1.54, 1.807) is 7.11 Å². The first-order valence-electron chi connectivity index (χ1n) is 6.87. The highest BCUT2D eigenvalue weighted by atomic mass is 35.5. The van der Waals surface area contributed by atoms with Gasteiger partial charge in [-0.05, 0) is 13.3 Å². The van der Waals surface area contributed by atoms with E-state index in [2.05, 4.69) is 18.7 Å². The van der Waals surface area contributed by atoms with Crippen LogP contribution in [-0.4, -0.2) is 67.7 Å². The number of nitrogens with zero attached hydrogens (tertiary/aromatic N) is 2. The first kappa shape index (κ1) is 18.6. The molecule has 5 nitrogen and oxygen atoms in total. The number of carbonyl (C=O) groups is 1. The number of carbonyl (C=O) groups excluding carboxylic acids is 1. The van der Waals surface area contributed by atoms with Crippen LogP contribution in [0.4, 0.5) is 0 Å². The summed E-state index contributed by atoms with van der Waals surface area (Å²) in [5, 5.41) is 0. The molecule has 1 fully saturated rings. The second-order valence-corrected chi connectivity index (χ2v) is 5.06. The Kier molecular flexibility index (Phi) is 9.35. The lowest BCUT2D eigenvalue weighted by atomic mass is 10.1. The largest absolute Gasteiger partial charge is 0.383 e. The third kappa shape index (κ3) is 5.65. The summed E-state index contributed by atoms with van der Waals surface area (Å²) in [6.07, 6.45) is 1.73. The summed E-state index contributed by atoms with van der Waals surface area (Å²) in [6, 6.07) is 0.0550. The number of hydrogen-bond acceptors (Lipinski definition) is 4. The minimum atomic E-state index is -0.326. The highest BCUT2D eigenvalue weighted by Crippen LogP contribution is 2.11. The van der Waals surface area contributed by atoms with Crippen LogP contribution in [-0.2, 0) is 9.53 Å². The van der Waals surface area contributed by atoms with E-state index in [9.17, 15) is 4.79 Å². The van der Waals surface area contributed by atoms with Gasteiger partial charge in [0.05, 0.1) is 12.6 Å². The van der Waals surface area contributed by atoms with Crippen LogP contribution in [0, 0.1) is 0 Å². The monoisotopic (exact) mass is 293 g/mol. The summed E-state index contributed by atoms with van der Waals surface area (Å²) in [5.74, 6) is 0.107. The first-order chi connectivity index (χ1) is 8.60. The molecule has 1 heterocycles. The molecule has 19 heavy (non-hydrogen) atoms. The fraction of sp³-hybridized carbons (Fsp3) is 0.923. The van der Waals surface area contributed by atoms with Crippen LogP contribution in [0.1, 0.15) is 26.7 Å². The third-order valence-corrected chi connectivity index (χ3v) is 3.58. The number of nitrogens with two attached hydrogens (primary N) is 1. The highest BCUT2D eigenvalue weighted by Gasteiger charge is 2.28. The fourth-order valence-electron chi connectivity index (χ4n) is 2.41. The van der Waals surface area contributed by atoms with E-state index < -0.39 is 0 Å². The SMILES string of the molecule is CCCC(N)C(=O)N1CCN(CCOC)C(C)C1.Cl. The number of hydrogen-bond donors (Lipinski definition) is 1. The van der Waals surface area contributed by atoms with Crippen molar-refractivity contribution in [3.63, 3.8) is 0 Å². The maximum atomic E-state index is 12.1. The third-order valence-electron chi connectivity index (χ3n) is 3.58. The van der Waals surface area contributed by atoms with Crippen molar-refractivity contribution >= 4 is 18.3 Å². The van der Waals surface area contributed by atoms with Crippen LogP contribution in [0.2, 0.25) is 0 Å². The Balaban J connectivity index is 0.00000324. The molecule has 6 heteroatoms. The minimum Gasteiger partial charge on any atom is -0.383 e. The molecule has 2 unspecified atom stereocenters. The van der Waals surface area contributed by atoms with E-state index >= 15 is 0 Å². The number of rotatable bonds is 6. The Labute approximate surface area is 122 Å². The molecule has 114 valence electrons. The summed E-state index contributed by atoms with van der Waals surface area (Å²) in [4.78, 5) is 16.4. The Morgan fingerprint density at radius 1 is 1.47 bits per heavy atom. The molecule has 0 saturated carbocycles. The van der Waals surface area contributed by atoms with Gasteiger partial charge in [-0.3, -0.25) is 9.69 Å². The van der Waals surface area contributed by atoms with Crippen molar-refractivity contribution in [2.45, 2.75) is 38.8 Å². The van der Waals surface area contributed by atoms with Crippen LogP contribution < -0.4 is 5.73 Å². The molecule has 0 spiro atoms. The Bertz CT molecular complexity index is 266. The van der Waals surface area contributed by atoms with Gasteiger partial charge in [-0.2, -0.15) is 0 Å². The van der Waals surface area contributed by atoms with Crippen molar-refractivity contribution in [2.75, 3.05) is 39.9 Å². The van der Waals surface area contributed by atoms with Crippen LogP contribution in [0.25, 0.3) is 0 Å². The molecule has 1 saturated heterocycles. The van der Waals surface area contributed by atoms with E-state index in [0.29, 0.717) is 6.04 Å². The zero-order valence-electron chi connectivity index (χ0n) is 12.3. The van der Waals surface area contributed by atoms with Crippen molar-refractivity contribution in [3.05, 3.63) is 0 Å². The molecule has 1 aliphatic heterocycles. The first-order valence-corrected chi connectivity index (χ1v) is 6.87. The lowest BCUT2D eigenvalue weighted by molar-refractivity contribution is -0.135. The fourth-order valence-corrected chi connectivity index (χ4v) is 2.41. The molecule has 0 aliphatic carbocycles. The summed E-state index contributed by atoms with van der Waals surface area (Å²) in [5.41, 5.74) is 5.89. The van der Waals surface area contributed by atoms with Gasteiger partial charge in [-0.15, -0.1) is 12.4 Å². The zero-order chi connectivity index (χ0) is 13.5. The van der Waals surface area contributed by atoms with E-state index in [1.807, 2.05) is 4.90 Å². The van der Waals surface area contributed by atoms with Gasteiger partial charge in [0.1, 0.15) is 0 Å². The van der Waals surface area contributed by atoms with Crippen molar-refractivity contribution in [1.29, 1.82) is 0 Å². The predicted octanol–water partition coefficient (Wildman–Crippen LogP) is 0.715. The Morgan fingerprint density at radius 2 is 2.16 bits per heavy atom. The summed E-state index contributed by atoms with van der Waals surface area (Å²) < 4.78 is 5.10. The van der Waals surface area contributed by atoms with Gasteiger partial charge in [-0.1, -0.05) is 13.3 Å². The second-order valence-electron chi connectivity index (χ2n) is 5.06. The normalized spacial score (nSPS) is 21.9. The molecular weight excluding hydrogens is 266 g/mol. The van der Waals surface area contributed by atoms with Crippen molar-refractivity contribution in [3.8, 4) is 0 Å². The van der Waals surface area contributed by atoms with Crippen LogP contribution in [0.3, 0.4) is 0 Å². The highest BCUT2D eigenvalue weighted by molar-refractivity contribution is 5.85. The number of piperazine rings is 1. The van der Waals surface area contributed by atoms with Crippen molar-refractivity contribution in [2.24, 2.45) is 5.73 Å². The second kappa shape index (κ2) is 9.53. The Hall–Kier alpha value is -0.360. The minimum absolute atomic E-state index is 0. The van der Waals surface area contributed by atoms with E-state index in [4.69, 9.17) is 10.5 Å². The maximum absolute atomic E-state index is 12.1. The number of amides is 1. The van der Waals surface area contributed by atoms with Gasteiger partial charge in [-0.25, -0.2) is 0 Å². The molecule has 0 aromatic carbocycles. The quantitative estimate of drug-likeness (QED) is 0.784. The van der Waals surface area contributed by atoms with Gasteiger partial charge in [0.25, 0.3) is 0 Å². The maximum Gasteiger partial charge on any atom is 0.239 e. The van der Waals surface area contributed by atoms with Gasteiger partial charge in [0.2, 0.25) is 5.91 Å². The molecule has 0 bridgehead atoms. The van der Waals surface area contributed by atoms with Gasteiger partial charge < -0.3 is 15.4 Å². The average Bonchev–Trinajstić information content (AvgIpc) is 2.36. The van der Waals surface area contributed by atoms with Gasteiger partial charge in [0.15, 0.2) is 0 Å². The number of methoxy groups -OCH3 is 1. The molecule has 1 aliphatic rings. The molecule has 1 amide bonds. The standard InChI is InChI=1S/C13H27N3O2.ClH/c1-4-5-12(14)13(17)16-7-6-15(8-9-18-3)11(2)10-16;/h11-12H,4-10,14H2,1-3H3;1H. The summed E-state index contributed by atoms with van der Waals surface area (Å²) >= 11 is 0. The predicted molar refractivity (Wildman–Crippen MR) is 79.6 cm³/mol. The summed E-state index contributed by atoms with van der Waals surface area (Å²) in [7, 11) is 1.72. The van der Waals surface area contributed by atoms with E-state index in [1.165, 1.54) is 0 Å². The Morgan fingerprint density at radius 3 is 2.68 bits per heavy atom.